The minimum Gasteiger partial charge on any atom is -0.165 e. The number of hydrogen-bond donors (Lipinski definition) is 0. The van der Waals surface area contributed by atoms with Crippen molar-refractivity contribution in [3.63, 3.8) is 0 Å². The molecule has 0 bridgehead atoms. The van der Waals surface area contributed by atoms with E-state index in [2.05, 4.69) is 0 Å². The fourth-order valence-electron chi connectivity index (χ4n) is 3.54. The Balaban J connectivity index is 3.77. The first kappa shape index (κ1) is 57.2. The zero-order valence-electron chi connectivity index (χ0n) is 26.2. The molecule has 0 saturated heterocycles. The van der Waals surface area contributed by atoms with Crippen molar-refractivity contribution in [3.8, 4) is 0 Å². The summed E-state index contributed by atoms with van der Waals surface area (Å²) in [6.07, 6.45) is -25.4. The second-order valence-electron chi connectivity index (χ2n) is 11.1. The Morgan fingerprint density at radius 2 is 0.623 bits per heavy atom. The summed E-state index contributed by atoms with van der Waals surface area (Å²) >= 11 is -5.82. The van der Waals surface area contributed by atoms with Crippen LogP contribution in [0.3, 0.4) is 0 Å². The van der Waals surface area contributed by atoms with Crippen molar-refractivity contribution in [2.75, 3.05) is 0 Å². The molecule has 1 nitrogen and oxygen atoms in total. The maximum absolute atomic E-state index is 14.5. The van der Waals surface area contributed by atoms with Crippen LogP contribution >= 0.6 is 22.6 Å². The van der Waals surface area contributed by atoms with E-state index >= 15 is 0 Å². The normalized spacial score (nSPS) is 16.7. The predicted molar refractivity (Wildman–Crippen MR) is 124 cm³/mol. The molecule has 0 fully saturated rings. The maximum atomic E-state index is 14.5. The van der Waals surface area contributed by atoms with Crippen molar-refractivity contribution in [2.24, 2.45) is 0 Å². The molecule has 0 atom stereocenters. The molecule has 0 amide bonds. The number of alkyl halides is 37. The molecule has 0 radical (unpaired) electrons. The van der Waals surface area contributed by atoms with Crippen LogP contribution in [0.5, 0.6) is 0 Å². The molecule has 0 spiro atoms. The molecule has 0 aliphatic heterocycles. The molecule has 1 aromatic rings. The largest absolute Gasteiger partial charge is 0.458 e. The van der Waals surface area contributed by atoms with E-state index in [1.165, 1.54) is 0 Å². The number of ether oxygens (including phenoxy) is 1. The molecular formula is C23H4F35I2O-. The first-order valence-electron chi connectivity index (χ1n) is 13.2. The molecule has 0 unspecified atom stereocenters. The SMILES string of the molecule is FC(F)(F)C(F)(OC(F)(F)C(F)(F)C(F)(F)C(F)(F)C(F)(F)C(F)(F)C(F)(F)C(F)(F)c1ccc([I-]C(F)(F)C(F)(F)C(F)(F)C(F)(F)C(F)(F)C(F)(F)I)cc1)C(F)(F)F. The molecular weight excluding hydrogens is 1210 g/mol. The van der Waals surface area contributed by atoms with Crippen LogP contribution in [0, 0.1) is 3.57 Å². The smallest absolute Gasteiger partial charge is 0.165 e. The summed E-state index contributed by atoms with van der Waals surface area (Å²) < 4.78 is 462. The van der Waals surface area contributed by atoms with E-state index in [9.17, 15) is 154 Å². The van der Waals surface area contributed by atoms with Gasteiger partial charge in [-0.15, -0.1) is 0 Å². The fraction of sp³-hybridized carbons (Fsp3) is 0.739. The summed E-state index contributed by atoms with van der Waals surface area (Å²) in [5.74, 6) is -104. The molecule has 38 heteroatoms. The van der Waals surface area contributed by atoms with E-state index < -0.39 is 175 Å². The van der Waals surface area contributed by atoms with Gasteiger partial charge in [-0.1, -0.05) is 0 Å². The predicted octanol–water partition coefficient (Wildman–Crippen LogP) is 10.4. The van der Waals surface area contributed by atoms with Crippen molar-refractivity contribution in [1.29, 1.82) is 0 Å². The van der Waals surface area contributed by atoms with E-state index in [-0.39, 0.29) is 0 Å². The van der Waals surface area contributed by atoms with Crippen LogP contribution in [-0.4, -0.2) is 91.4 Å². The van der Waals surface area contributed by atoms with Gasteiger partial charge in [0.1, 0.15) is 0 Å². The Kier molecular flexibility index (Phi) is 14.2. The van der Waals surface area contributed by atoms with Gasteiger partial charge in [0.15, 0.2) is 0 Å². The van der Waals surface area contributed by atoms with Gasteiger partial charge >= 0.3 is 289 Å². The summed E-state index contributed by atoms with van der Waals surface area (Å²) in [5.41, 5.74) is -3.30. The van der Waals surface area contributed by atoms with Crippen molar-refractivity contribution in [3.05, 3.63) is 33.4 Å². The van der Waals surface area contributed by atoms with E-state index in [1.807, 2.05) is 0 Å². The Morgan fingerprint density at radius 3 is 0.934 bits per heavy atom. The van der Waals surface area contributed by atoms with Crippen LogP contribution in [0.2, 0.25) is 0 Å². The molecule has 0 aromatic heterocycles. The summed E-state index contributed by atoms with van der Waals surface area (Å²) in [6.45, 7) is 0. The molecule has 1 aromatic carbocycles. The van der Waals surface area contributed by atoms with E-state index in [0.29, 0.717) is 0 Å². The van der Waals surface area contributed by atoms with Crippen molar-refractivity contribution in [2.45, 2.75) is 97.3 Å². The molecule has 0 aliphatic rings. The van der Waals surface area contributed by atoms with Crippen LogP contribution in [-0.2, 0) is 10.7 Å². The van der Waals surface area contributed by atoms with Gasteiger partial charge in [-0.3, -0.25) is 4.74 Å². The minimum atomic E-state index is -9.60. The van der Waals surface area contributed by atoms with Gasteiger partial charge in [0.05, 0.1) is 0 Å². The second-order valence-corrected chi connectivity index (χ2v) is 15.6. The Hall–Kier alpha value is -1.81. The molecule has 0 N–H and O–H groups in total. The zero-order chi connectivity index (χ0) is 49.9. The molecule has 0 saturated carbocycles. The van der Waals surface area contributed by atoms with Gasteiger partial charge in [-0.25, -0.2) is 0 Å². The maximum Gasteiger partial charge on any atom is 0.458 e. The molecule has 0 heterocycles. The van der Waals surface area contributed by atoms with Crippen LogP contribution < -0.4 is 21.2 Å². The van der Waals surface area contributed by atoms with Gasteiger partial charge in [0, 0.05) is 0 Å². The van der Waals surface area contributed by atoms with Gasteiger partial charge < -0.3 is 0 Å². The standard InChI is InChI=1S/C23H4F35I2O/c24-7(25,5-1-3-6(4-2-5)60-22(55,56)16(42,43)13(36,37)12(34,35)15(40,41)21(53,54)59)8(26,27)9(28,29)10(30,31)11(32,33)14(38,39)17(44,45)23(57,58)61-18(46,19(47,48)49)20(50,51)52/h1-4H/q-1. The first-order chi connectivity index (χ1) is 25.9. The summed E-state index contributed by atoms with van der Waals surface area (Å²) in [4.78, 5) is 0. The average molecular weight is 1220 g/mol. The first-order valence-corrected chi connectivity index (χ1v) is 16.4. The van der Waals surface area contributed by atoms with E-state index in [4.69, 9.17) is 0 Å². The van der Waals surface area contributed by atoms with Gasteiger partial charge in [0.25, 0.3) is 0 Å². The Labute approximate surface area is 332 Å². The third-order valence-corrected chi connectivity index (χ3v) is 10.4. The van der Waals surface area contributed by atoms with Crippen molar-refractivity contribution in [1.82, 2.24) is 0 Å². The van der Waals surface area contributed by atoms with Crippen molar-refractivity contribution < 1.29 is 180 Å². The third-order valence-electron chi connectivity index (χ3n) is 7.06. The number of halogens is 37. The Bertz CT molecular complexity index is 1700. The van der Waals surface area contributed by atoms with Gasteiger partial charge in [-0.2, -0.15) is 39.5 Å². The van der Waals surface area contributed by atoms with Crippen molar-refractivity contribution >= 4 is 22.6 Å². The van der Waals surface area contributed by atoms with Crippen LogP contribution in [0.1, 0.15) is 5.56 Å². The van der Waals surface area contributed by atoms with Gasteiger partial charge in [0.2, 0.25) is 0 Å². The monoisotopic (exact) mass is 1210 g/mol. The number of benzene rings is 1. The third kappa shape index (κ3) is 8.04. The van der Waals surface area contributed by atoms with Crippen LogP contribution in [0.15, 0.2) is 24.3 Å². The zero-order valence-corrected chi connectivity index (χ0v) is 30.5. The van der Waals surface area contributed by atoms with Crippen LogP contribution in [0.25, 0.3) is 0 Å². The van der Waals surface area contributed by atoms with E-state index in [0.717, 1.165) is 4.74 Å². The molecule has 362 valence electrons. The average Bonchev–Trinajstić information content (AvgIpc) is 3.01. The molecule has 0 aliphatic carbocycles. The summed E-state index contributed by atoms with van der Waals surface area (Å²) in [6, 6.07) is -4.22. The quantitative estimate of drug-likeness (QED) is 0.0858. The summed E-state index contributed by atoms with van der Waals surface area (Å²) in [7, 11) is 0. The number of rotatable bonds is 17. The molecule has 61 heavy (non-hydrogen) atoms. The summed E-state index contributed by atoms with van der Waals surface area (Å²) in [5, 5.41) is 0. The van der Waals surface area contributed by atoms with Crippen LogP contribution in [0.4, 0.5) is 154 Å². The Morgan fingerprint density at radius 1 is 0.344 bits per heavy atom. The topological polar surface area (TPSA) is 9.23 Å². The number of hydrogen-bond acceptors (Lipinski definition) is 1. The minimum absolute atomic E-state index is 0.865. The fourth-order valence-corrected chi connectivity index (χ4v) is 6.05. The second kappa shape index (κ2) is 15.1. The van der Waals surface area contributed by atoms with E-state index in [1.54, 1.807) is 0 Å². The molecule has 1 rings (SSSR count). The van der Waals surface area contributed by atoms with Gasteiger partial charge in [-0.05, 0) is 0 Å².